The molecule has 0 aliphatic heterocycles. The topological polar surface area (TPSA) is 26.0 Å². The second-order valence-electron chi connectivity index (χ2n) is 5.02. The van der Waals surface area contributed by atoms with Crippen molar-refractivity contribution >= 4 is 8.24 Å². The molecule has 0 rings (SSSR count). The first kappa shape index (κ1) is 12.2. The minimum Gasteiger partial charge on any atom is -0.350 e. The average molecular weight is 187 g/mol. The highest BCUT2D eigenvalue weighted by Crippen LogP contribution is 2.33. The molecule has 0 aliphatic carbocycles. The van der Waals surface area contributed by atoms with E-state index in [1.807, 2.05) is 0 Å². The lowest BCUT2D eigenvalue weighted by atomic mass is 10.3. The Hall–Kier alpha value is 0.177. The summed E-state index contributed by atoms with van der Waals surface area (Å²) in [7, 11) is -1.47. The summed E-state index contributed by atoms with van der Waals surface area (Å²) in [6, 6.07) is 1.27. The summed E-state index contributed by atoms with van der Waals surface area (Å²) in [5.74, 6) is 0.756. The van der Waals surface area contributed by atoms with Gasteiger partial charge in [0.15, 0.2) is 0 Å². The van der Waals surface area contributed by atoms with Gasteiger partial charge >= 0.3 is 0 Å². The molecule has 0 spiro atoms. The molecule has 12 heavy (non-hydrogen) atoms. The van der Waals surface area contributed by atoms with Gasteiger partial charge in [0.05, 0.1) is 0 Å². The molecule has 0 heterocycles. The van der Waals surface area contributed by atoms with Crippen molar-refractivity contribution in [2.45, 2.75) is 58.7 Å². The minimum absolute atomic E-state index is 0.708. The van der Waals surface area contributed by atoms with Gasteiger partial charge in [0.1, 0.15) is 8.24 Å². The van der Waals surface area contributed by atoms with Crippen LogP contribution in [0.1, 0.15) is 41.5 Å². The summed E-state index contributed by atoms with van der Waals surface area (Å²) in [4.78, 5) is 0. The normalized spacial score (nSPS) is 13.5. The Balaban J connectivity index is 4.40. The third-order valence-corrected chi connectivity index (χ3v) is 8.73. The van der Waals surface area contributed by atoms with Crippen LogP contribution in [-0.2, 0) is 0 Å². The van der Waals surface area contributed by atoms with Crippen molar-refractivity contribution in [3.05, 3.63) is 0 Å². The molecule has 0 saturated carbocycles. The van der Waals surface area contributed by atoms with Crippen LogP contribution in [-0.4, -0.2) is 8.24 Å². The molecular formula is C10H25NSi. The fraction of sp³-hybridized carbons (Fsp3) is 1.00. The summed E-state index contributed by atoms with van der Waals surface area (Å²) < 4.78 is 0. The van der Waals surface area contributed by atoms with E-state index in [4.69, 9.17) is 5.40 Å². The van der Waals surface area contributed by atoms with Crippen molar-refractivity contribution in [2.75, 3.05) is 0 Å². The van der Waals surface area contributed by atoms with Crippen LogP contribution in [0.5, 0.6) is 0 Å². The van der Waals surface area contributed by atoms with Crippen LogP contribution in [0.15, 0.2) is 0 Å². The van der Waals surface area contributed by atoms with E-state index in [1.165, 1.54) is 6.04 Å². The number of rotatable bonds is 4. The molecule has 2 N–H and O–H groups in total. The van der Waals surface area contributed by atoms with Gasteiger partial charge in [-0.25, -0.2) is 0 Å². The summed E-state index contributed by atoms with van der Waals surface area (Å²) in [6.07, 6.45) is 0. The van der Waals surface area contributed by atoms with Crippen molar-refractivity contribution < 1.29 is 0 Å². The average Bonchev–Trinajstić information content (AvgIpc) is 1.84. The Morgan fingerprint density at radius 1 is 0.917 bits per heavy atom. The van der Waals surface area contributed by atoms with Crippen LogP contribution in [0.25, 0.3) is 0 Å². The Kier molecular flexibility index (Phi) is 4.49. The maximum atomic E-state index is 6.52. The van der Waals surface area contributed by atoms with Gasteiger partial charge in [-0.15, -0.1) is 0 Å². The molecule has 0 unspecified atom stereocenters. The summed E-state index contributed by atoms with van der Waals surface area (Å²) in [6.45, 7) is 13.7. The van der Waals surface area contributed by atoms with Crippen molar-refractivity contribution in [3.63, 3.8) is 0 Å². The molecule has 0 radical (unpaired) electrons. The molecule has 0 saturated heterocycles. The van der Waals surface area contributed by atoms with E-state index in [1.54, 1.807) is 0 Å². The third kappa shape index (κ3) is 2.90. The van der Waals surface area contributed by atoms with E-state index < -0.39 is 8.24 Å². The van der Waals surface area contributed by atoms with E-state index in [-0.39, 0.29) is 0 Å². The molecule has 1 nitrogen and oxygen atoms in total. The van der Waals surface area contributed by atoms with Crippen molar-refractivity contribution in [2.24, 2.45) is 11.3 Å². The van der Waals surface area contributed by atoms with E-state index >= 15 is 0 Å². The lowest BCUT2D eigenvalue weighted by Crippen LogP contribution is -2.52. The standard InChI is InChI=1S/C10H25NSi/c1-8(2)7-12(11,9(3)4)10(5)6/h8-10H,7,11H2,1-6H3. The second-order valence-corrected chi connectivity index (χ2v) is 9.96. The lowest BCUT2D eigenvalue weighted by molar-refractivity contribution is 0.689. The highest BCUT2D eigenvalue weighted by molar-refractivity contribution is 6.79. The molecule has 0 aromatic carbocycles. The highest BCUT2D eigenvalue weighted by atomic mass is 28.3. The molecule has 74 valence electrons. The quantitative estimate of drug-likeness (QED) is 0.671. The zero-order valence-corrected chi connectivity index (χ0v) is 10.5. The van der Waals surface area contributed by atoms with Gasteiger partial charge in [-0.3, -0.25) is 0 Å². The second kappa shape index (κ2) is 4.42. The smallest absolute Gasteiger partial charge is 0.128 e. The van der Waals surface area contributed by atoms with Crippen LogP contribution in [0.4, 0.5) is 0 Å². The predicted molar refractivity (Wildman–Crippen MR) is 59.8 cm³/mol. The van der Waals surface area contributed by atoms with Crippen LogP contribution in [0.2, 0.25) is 17.1 Å². The van der Waals surface area contributed by atoms with Crippen molar-refractivity contribution in [1.82, 2.24) is 0 Å². The fourth-order valence-electron chi connectivity index (χ4n) is 1.85. The molecule has 2 heteroatoms. The molecule has 0 bridgehead atoms. The van der Waals surface area contributed by atoms with Gasteiger partial charge in [0, 0.05) is 0 Å². The van der Waals surface area contributed by atoms with Gasteiger partial charge in [0.2, 0.25) is 0 Å². The van der Waals surface area contributed by atoms with Gasteiger partial charge < -0.3 is 5.40 Å². The molecule has 0 aliphatic rings. The minimum atomic E-state index is -1.47. The van der Waals surface area contributed by atoms with Crippen LogP contribution < -0.4 is 5.40 Å². The van der Waals surface area contributed by atoms with Crippen molar-refractivity contribution in [3.8, 4) is 0 Å². The zero-order chi connectivity index (χ0) is 9.94. The van der Waals surface area contributed by atoms with E-state index in [0.717, 1.165) is 5.92 Å². The molecule has 0 atom stereocenters. The lowest BCUT2D eigenvalue weighted by Gasteiger charge is -2.36. The highest BCUT2D eigenvalue weighted by Gasteiger charge is 2.36. The summed E-state index contributed by atoms with van der Waals surface area (Å²) >= 11 is 0. The van der Waals surface area contributed by atoms with E-state index in [2.05, 4.69) is 41.5 Å². The van der Waals surface area contributed by atoms with Gasteiger partial charge in [-0.1, -0.05) is 41.5 Å². The Morgan fingerprint density at radius 3 is 1.33 bits per heavy atom. The van der Waals surface area contributed by atoms with E-state index in [9.17, 15) is 0 Å². The van der Waals surface area contributed by atoms with Crippen LogP contribution >= 0.6 is 0 Å². The molecule has 0 amide bonds. The maximum Gasteiger partial charge on any atom is 0.128 e. The largest absolute Gasteiger partial charge is 0.350 e. The fourth-order valence-corrected chi connectivity index (χ4v) is 5.54. The molecule has 0 fully saturated rings. The Labute approximate surface area is 78.8 Å². The zero-order valence-electron chi connectivity index (χ0n) is 9.52. The summed E-state index contributed by atoms with van der Waals surface area (Å²) in [5, 5.41) is 6.52. The molecule has 0 aromatic rings. The predicted octanol–water partition coefficient (Wildman–Crippen LogP) is 3.37. The van der Waals surface area contributed by atoms with Gasteiger partial charge in [-0.05, 0) is 23.0 Å². The first-order valence-corrected chi connectivity index (χ1v) is 7.53. The number of nitrogens with two attached hydrogens (primary N) is 1. The van der Waals surface area contributed by atoms with Gasteiger partial charge in [0.25, 0.3) is 0 Å². The monoisotopic (exact) mass is 187 g/mol. The van der Waals surface area contributed by atoms with Gasteiger partial charge in [-0.2, -0.15) is 0 Å². The molecular weight excluding hydrogens is 162 g/mol. The first-order valence-electron chi connectivity index (χ1n) is 5.09. The third-order valence-electron chi connectivity index (χ3n) is 2.91. The van der Waals surface area contributed by atoms with Crippen LogP contribution in [0, 0.1) is 5.92 Å². The van der Waals surface area contributed by atoms with Crippen LogP contribution in [0.3, 0.4) is 0 Å². The Morgan fingerprint density at radius 2 is 1.25 bits per heavy atom. The molecule has 0 aromatic heterocycles. The number of hydrogen-bond donors (Lipinski definition) is 1. The Bertz CT molecular complexity index is 122. The van der Waals surface area contributed by atoms with Crippen molar-refractivity contribution in [1.29, 1.82) is 0 Å². The van der Waals surface area contributed by atoms with E-state index in [0.29, 0.717) is 11.1 Å². The SMILES string of the molecule is CC(C)C[Si](N)(C(C)C)C(C)C. The first-order chi connectivity index (χ1) is 5.30. The summed E-state index contributed by atoms with van der Waals surface area (Å²) in [5.41, 5.74) is 1.42. The maximum absolute atomic E-state index is 6.52. The number of hydrogen-bond acceptors (Lipinski definition) is 1.